The summed E-state index contributed by atoms with van der Waals surface area (Å²) < 4.78 is 10.6. The minimum Gasteiger partial charge on any atom is -0.491 e. The summed E-state index contributed by atoms with van der Waals surface area (Å²) in [5.41, 5.74) is 1.40. The third-order valence-corrected chi connectivity index (χ3v) is 2.09. The van der Waals surface area contributed by atoms with Crippen LogP contribution >= 0.6 is 11.6 Å². The highest BCUT2D eigenvalue weighted by molar-refractivity contribution is 6.25. The fraction of sp³-hybridized carbons (Fsp3) is 0.333. The van der Waals surface area contributed by atoms with Crippen LogP contribution in [0.2, 0.25) is 0 Å². The molecule has 1 rings (SSSR count). The molecule has 5 heteroatoms. The molecular formula is C12H15ClO4. The summed E-state index contributed by atoms with van der Waals surface area (Å²) in [5, 5.41) is 17.7. The fourth-order valence-electron chi connectivity index (χ4n) is 1.06. The van der Waals surface area contributed by atoms with Gasteiger partial charge in [-0.2, -0.15) is 0 Å². The largest absolute Gasteiger partial charge is 0.491 e. The summed E-state index contributed by atoms with van der Waals surface area (Å²) in [6.07, 6.45) is 0.823. The lowest BCUT2D eigenvalue weighted by Crippen LogP contribution is -2.21. The molecule has 94 valence electrons. The zero-order chi connectivity index (χ0) is 12.5. The first kappa shape index (κ1) is 13.8. The van der Waals surface area contributed by atoms with Gasteiger partial charge in [0, 0.05) is 5.54 Å². The third-order valence-electron chi connectivity index (χ3n) is 1.91. The monoisotopic (exact) mass is 258 g/mol. The molecule has 1 aromatic carbocycles. The predicted octanol–water partition coefficient (Wildman–Crippen LogP) is 1.55. The first-order chi connectivity index (χ1) is 8.26. The Bertz CT molecular complexity index is 337. The molecule has 0 aliphatic carbocycles. The molecule has 0 saturated heterocycles. The summed E-state index contributed by atoms with van der Waals surface area (Å²) in [6, 6.07) is 6.96. The average molecular weight is 259 g/mol. The van der Waals surface area contributed by atoms with Crippen molar-refractivity contribution in [2.45, 2.75) is 6.10 Å². The van der Waals surface area contributed by atoms with Crippen LogP contribution in [-0.4, -0.2) is 36.1 Å². The number of hydrogen-bond acceptors (Lipinski definition) is 4. The second kappa shape index (κ2) is 7.95. The first-order valence-corrected chi connectivity index (χ1v) is 5.59. The molecule has 1 unspecified atom stereocenters. The van der Waals surface area contributed by atoms with Crippen molar-refractivity contribution in [2.75, 3.05) is 19.8 Å². The highest BCUT2D eigenvalue weighted by Gasteiger charge is 2.02. The standard InChI is InChI=1S/C12H15ClO4/c13-6-1-7-16-11-2-4-12(5-3-11)17-9-10(15)8-14/h1-6,10,14-15H,7-9H2. The molecule has 0 spiro atoms. The maximum Gasteiger partial charge on any atom is 0.120 e. The van der Waals surface area contributed by atoms with Crippen LogP contribution in [0.25, 0.3) is 0 Å². The molecule has 1 aromatic rings. The van der Waals surface area contributed by atoms with Gasteiger partial charge >= 0.3 is 0 Å². The zero-order valence-electron chi connectivity index (χ0n) is 9.25. The van der Waals surface area contributed by atoms with E-state index in [2.05, 4.69) is 0 Å². The summed E-state index contributed by atoms with van der Waals surface area (Å²) in [5.74, 6) is 1.31. The van der Waals surface area contributed by atoms with Crippen LogP contribution in [0.5, 0.6) is 11.5 Å². The topological polar surface area (TPSA) is 58.9 Å². The lowest BCUT2D eigenvalue weighted by Gasteiger charge is -2.10. The summed E-state index contributed by atoms with van der Waals surface area (Å²) >= 11 is 5.35. The van der Waals surface area contributed by atoms with Gasteiger partial charge in [0.2, 0.25) is 0 Å². The van der Waals surface area contributed by atoms with Crippen molar-refractivity contribution >= 4 is 11.6 Å². The van der Waals surface area contributed by atoms with Gasteiger partial charge in [-0.3, -0.25) is 0 Å². The van der Waals surface area contributed by atoms with Crippen LogP contribution in [0.3, 0.4) is 0 Å². The van der Waals surface area contributed by atoms with Crippen molar-refractivity contribution in [2.24, 2.45) is 0 Å². The van der Waals surface area contributed by atoms with Gasteiger partial charge in [0.05, 0.1) is 6.61 Å². The summed E-state index contributed by atoms with van der Waals surface area (Å²) in [6.45, 7) is 0.157. The predicted molar refractivity (Wildman–Crippen MR) is 65.5 cm³/mol. The van der Waals surface area contributed by atoms with Crippen molar-refractivity contribution in [3.63, 3.8) is 0 Å². The summed E-state index contributed by atoms with van der Waals surface area (Å²) in [4.78, 5) is 0. The molecule has 0 amide bonds. The van der Waals surface area contributed by atoms with Gasteiger partial charge in [-0.25, -0.2) is 0 Å². The van der Waals surface area contributed by atoms with Crippen LogP contribution < -0.4 is 9.47 Å². The molecular weight excluding hydrogens is 244 g/mol. The normalized spacial score (nSPS) is 12.6. The highest BCUT2D eigenvalue weighted by Crippen LogP contribution is 2.17. The van der Waals surface area contributed by atoms with Crippen LogP contribution in [0.4, 0.5) is 0 Å². The van der Waals surface area contributed by atoms with Crippen molar-refractivity contribution in [1.29, 1.82) is 0 Å². The molecule has 0 saturated carbocycles. The number of benzene rings is 1. The molecule has 0 radical (unpaired) electrons. The Kier molecular flexibility index (Phi) is 6.47. The van der Waals surface area contributed by atoms with E-state index in [1.807, 2.05) is 0 Å². The molecule has 0 fully saturated rings. The Morgan fingerprint density at radius 2 is 1.76 bits per heavy atom. The van der Waals surface area contributed by atoms with E-state index in [9.17, 15) is 0 Å². The van der Waals surface area contributed by atoms with Crippen molar-refractivity contribution in [3.8, 4) is 11.5 Å². The Morgan fingerprint density at radius 1 is 1.18 bits per heavy atom. The molecule has 0 aliphatic rings. The van der Waals surface area contributed by atoms with E-state index < -0.39 is 6.10 Å². The average Bonchev–Trinajstić information content (AvgIpc) is 2.37. The van der Waals surface area contributed by atoms with Gasteiger partial charge in [-0.05, 0) is 30.3 Å². The van der Waals surface area contributed by atoms with Crippen molar-refractivity contribution in [3.05, 3.63) is 35.9 Å². The van der Waals surface area contributed by atoms with Gasteiger partial charge in [0.15, 0.2) is 0 Å². The van der Waals surface area contributed by atoms with E-state index in [-0.39, 0.29) is 13.2 Å². The Labute approximate surface area is 105 Å². The van der Waals surface area contributed by atoms with Crippen LogP contribution in [0.15, 0.2) is 35.9 Å². The fourth-order valence-corrected chi connectivity index (χ4v) is 1.13. The van der Waals surface area contributed by atoms with E-state index in [0.717, 1.165) is 0 Å². The van der Waals surface area contributed by atoms with Gasteiger partial charge in [-0.15, -0.1) is 0 Å². The minimum atomic E-state index is -0.861. The minimum absolute atomic E-state index is 0.0612. The molecule has 0 bridgehead atoms. The van der Waals surface area contributed by atoms with E-state index in [1.165, 1.54) is 5.54 Å². The van der Waals surface area contributed by atoms with Crippen LogP contribution in [0.1, 0.15) is 0 Å². The highest BCUT2D eigenvalue weighted by atomic mass is 35.5. The van der Waals surface area contributed by atoms with E-state index in [1.54, 1.807) is 30.3 Å². The quantitative estimate of drug-likeness (QED) is 0.779. The number of halogens is 1. The van der Waals surface area contributed by atoms with Gasteiger partial charge in [0.25, 0.3) is 0 Å². The maximum atomic E-state index is 9.10. The lowest BCUT2D eigenvalue weighted by atomic mass is 10.3. The molecule has 0 aromatic heterocycles. The second-order valence-corrected chi connectivity index (χ2v) is 3.54. The van der Waals surface area contributed by atoms with Gasteiger partial charge < -0.3 is 19.7 Å². The number of rotatable bonds is 7. The molecule has 0 heterocycles. The van der Waals surface area contributed by atoms with E-state index in [0.29, 0.717) is 18.1 Å². The molecule has 17 heavy (non-hydrogen) atoms. The molecule has 0 aliphatic heterocycles. The SMILES string of the molecule is OCC(O)COc1ccc(OCC=CCl)cc1. The van der Waals surface area contributed by atoms with Gasteiger partial charge in [-0.1, -0.05) is 11.6 Å². The first-order valence-electron chi connectivity index (χ1n) is 5.16. The van der Waals surface area contributed by atoms with Gasteiger partial charge in [0.1, 0.15) is 30.8 Å². The number of aliphatic hydroxyl groups excluding tert-OH is 2. The van der Waals surface area contributed by atoms with E-state index in [4.69, 9.17) is 31.3 Å². The van der Waals surface area contributed by atoms with Crippen molar-refractivity contribution in [1.82, 2.24) is 0 Å². The van der Waals surface area contributed by atoms with Crippen LogP contribution in [-0.2, 0) is 0 Å². The summed E-state index contributed by atoms with van der Waals surface area (Å²) in [7, 11) is 0. The smallest absolute Gasteiger partial charge is 0.120 e. The van der Waals surface area contributed by atoms with E-state index >= 15 is 0 Å². The molecule has 4 nitrogen and oxygen atoms in total. The third kappa shape index (κ3) is 5.58. The molecule has 1 atom stereocenters. The number of aliphatic hydroxyl groups is 2. The number of hydrogen-bond donors (Lipinski definition) is 2. The number of ether oxygens (including phenoxy) is 2. The Hall–Kier alpha value is -1.23. The van der Waals surface area contributed by atoms with Crippen LogP contribution in [0, 0.1) is 0 Å². The van der Waals surface area contributed by atoms with Crippen molar-refractivity contribution < 1.29 is 19.7 Å². The Morgan fingerprint density at radius 3 is 2.29 bits per heavy atom. The maximum absolute atomic E-state index is 9.10. The second-order valence-electron chi connectivity index (χ2n) is 3.29. The Balaban J connectivity index is 2.39. The molecule has 2 N–H and O–H groups in total. The zero-order valence-corrected chi connectivity index (χ0v) is 10.0. The lowest BCUT2D eigenvalue weighted by molar-refractivity contribution is 0.0536.